The summed E-state index contributed by atoms with van der Waals surface area (Å²) in [6.07, 6.45) is 2.48. The number of aryl methyl sites for hydroxylation is 1. The zero-order valence-electron chi connectivity index (χ0n) is 15.6. The van der Waals surface area contributed by atoms with E-state index >= 15 is 0 Å². The molecule has 0 aromatic heterocycles. The molecule has 144 valence electrons. The lowest BCUT2D eigenvalue weighted by molar-refractivity contribution is -0.121. The van der Waals surface area contributed by atoms with Crippen LogP contribution in [0.25, 0.3) is 0 Å². The van der Waals surface area contributed by atoms with Crippen molar-refractivity contribution >= 4 is 28.1 Å². The van der Waals surface area contributed by atoms with E-state index in [9.17, 15) is 4.79 Å². The number of halogens is 1. The van der Waals surface area contributed by atoms with Crippen molar-refractivity contribution in [3.05, 3.63) is 52.0 Å². The van der Waals surface area contributed by atoms with Crippen LogP contribution in [0.1, 0.15) is 24.0 Å². The quantitative estimate of drug-likeness (QED) is 0.366. The topological polar surface area (TPSA) is 69.2 Å². The first-order valence-electron chi connectivity index (χ1n) is 8.46. The average Bonchev–Trinajstić information content (AvgIpc) is 2.66. The maximum atomic E-state index is 11.8. The first-order chi connectivity index (χ1) is 13.0. The molecule has 0 saturated heterocycles. The first-order valence-corrected chi connectivity index (χ1v) is 9.25. The summed E-state index contributed by atoms with van der Waals surface area (Å²) in [7, 11) is 3.14. The minimum Gasteiger partial charge on any atom is -0.493 e. The molecule has 1 amide bonds. The highest BCUT2D eigenvalue weighted by Gasteiger charge is 2.05. The van der Waals surface area contributed by atoms with Crippen LogP contribution in [-0.2, 0) is 4.79 Å². The fraction of sp³-hybridized carbons (Fsp3) is 0.300. The number of nitrogens with zero attached hydrogens (tertiary/aromatic N) is 1. The van der Waals surface area contributed by atoms with Gasteiger partial charge in [-0.3, -0.25) is 4.79 Å². The molecule has 2 aromatic carbocycles. The standard InChI is InChI=1S/C20H23BrN2O4/c1-14-6-8-17(16(21)11-14)27-10-4-5-20(24)23-22-13-15-7-9-18(25-2)19(12-15)26-3/h6-9,11-13H,4-5,10H2,1-3H3,(H,23,24)/b22-13+. The van der Waals surface area contributed by atoms with Crippen molar-refractivity contribution in [2.45, 2.75) is 19.8 Å². The molecule has 27 heavy (non-hydrogen) atoms. The van der Waals surface area contributed by atoms with E-state index in [1.807, 2.05) is 31.2 Å². The van der Waals surface area contributed by atoms with Crippen LogP contribution in [0.3, 0.4) is 0 Å². The van der Waals surface area contributed by atoms with Crippen LogP contribution in [0, 0.1) is 6.92 Å². The summed E-state index contributed by atoms with van der Waals surface area (Å²) < 4.78 is 17.0. The summed E-state index contributed by atoms with van der Waals surface area (Å²) in [5.41, 5.74) is 4.45. The lowest BCUT2D eigenvalue weighted by atomic mass is 10.2. The van der Waals surface area contributed by atoms with E-state index in [4.69, 9.17) is 14.2 Å². The van der Waals surface area contributed by atoms with Crippen LogP contribution in [0.2, 0.25) is 0 Å². The molecular weight excluding hydrogens is 412 g/mol. The highest BCUT2D eigenvalue weighted by atomic mass is 79.9. The van der Waals surface area contributed by atoms with E-state index < -0.39 is 0 Å². The normalized spacial score (nSPS) is 10.7. The molecule has 1 N–H and O–H groups in total. The molecule has 0 radical (unpaired) electrons. The average molecular weight is 435 g/mol. The summed E-state index contributed by atoms with van der Waals surface area (Å²) in [4.78, 5) is 11.8. The Bertz CT molecular complexity index is 809. The molecule has 0 saturated carbocycles. The third-order valence-electron chi connectivity index (χ3n) is 3.70. The number of ether oxygens (including phenoxy) is 3. The van der Waals surface area contributed by atoms with E-state index in [0.29, 0.717) is 30.9 Å². The van der Waals surface area contributed by atoms with Crippen LogP contribution in [0.5, 0.6) is 17.2 Å². The van der Waals surface area contributed by atoms with E-state index in [1.165, 1.54) is 0 Å². The molecule has 0 fully saturated rings. The molecule has 0 aliphatic carbocycles. The number of benzene rings is 2. The molecule has 0 atom stereocenters. The number of rotatable bonds is 9. The number of hydrazone groups is 1. The molecule has 0 aliphatic heterocycles. The zero-order chi connectivity index (χ0) is 19.6. The van der Waals surface area contributed by atoms with Crippen molar-refractivity contribution in [2.75, 3.05) is 20.8 Å². The number of amides is 1. The Labute approximate surface area is 167 Å². The summed E-state index contributed by atoms with van der Waals surface area (Å²) in [6, 6.07) is 11.3. The van der Waals surface area contributed by atoms with E-state index in [2.05, 4.69) is 26.5 Å². The fourth-order valence-electron chi connectivity index (χ4n) is 2.31. The summed E-state index contributed by atoms with van der Waals surface area (Å²) in [5.74, 6) is 1.84. The highest BCUT2D eigenvalue weighted by Crippen LogP contribution is 2.27. The Morgan fingerprint density at radius 3 is 2.56 bits per heavy atom. The highest BCUT2D eigenvalue weighted by molar-refractivity contribution is 9.10. The molecule has 0 heterocycles. The number of carbonyl (C=O) groups excluding carboxylic acids is 1. The van der Waals surface area contributed by atoms with Crippen molar-refractivity contribution in [3.8, 4) is 17.2 Å². The molecule has 2 aromatic rings. The van der Waals surface area contributed by atoms with Gasteiger partial charge < -0.3 is 14.2 Å². The molecule has 6 nitrogen and oxygen atoms in total. The third-order valence-corrected chi connectivity index (χ3v) is 4.32. The van der Waals surface area contributed by atoms with Crippen molar-refractivity contribution in [1.82, 2.24) is 5.43 Å². The smallest absolute Gasteiger partial charge is 0.240 e. The second-order valence-electron chi connectivity index (χ2n) is 5.79. The first kappa shape index (κ1) is 20.8. The van der Waals surface area contributed by atoms with Crippen molar-refractivity contribution < 1.29 is 19.0 Å². The van der Waals surface area contributed by atoms with Crippen molar-refractivity contribution in [3.63, 3.8) is 0 Å². The number of nitrogens with one attached hydrogen (secondary N) is 1. The monoisotopic (exact) mass is 434 g/mol. The van der Waals surface area contributed by atoms with Crippen LogP contribution < -0.4 is 19.6 Å². The number of hydrogen-bond acceptors (Lipinski definition) is 5. The van der Waals surface area contributed by atoms with E-state index in [0.717, 1.165) is 21.3 Å². The number of hydrogen-bond donors (Lipinski definition) is 1. The summed E-state index contributed by atoms with van der Waals surface area (Å²) in [5, 5.41) is 3.96. The summed E-state index contributed by atoms with van der Waals surface area (Å²) >= 11 is 3.46. The molecule has 0 bridgehead atoms. The Balaban J connectivity index is 1.73. The fourth-order valence-corrected chi connectivity index (χ4v) is 2.91. The van der Waals surface area contributed by atoms with Gasteiger partial charge in [0.05, 0.1) is 31.5 Å². The van der Waals surface area contributed by atoms with Gasteiger partial charge in [-0.2, -0.15) is 5.10 Å². The van der Waals surface area contributed by atoms with Crippen molar-refractivity contribution in [1.29, 1.82) is 0 Å². The van der Waals surface area contributed by atoms with E-state index in [1.54, 1.807) is 32.6 Å². The lowest BCUT2D eigenvalue weighted by Gasteiger charge is -2.08. The van der Waals surface area contributed by atoms with Gasteiger partial charge in [-0.15, -0.1) is 0 Å². The predicted octanol–water partition coefficient (Wildman–Crippen LogP) is 4.08. The molecule has 7 heteroatoms. The van der Waals surface area contributed by atoms with Gasteiger partial charge in [0.1, 0.15) is 5.75 Å². The van der Waals surface area contributed by atoms with Crippen LogP contribution in [-0.4, -0.2) is 32.9 Å². The maximum absolute atomic E-state index is 11.8. The second kappa shape index (κ2) is 10.6. The van der Waals surface area contributed by atoms with Gasteiger partial charge in [-0.05, 0) is 70.7 Å². The number of carbonyl (C=O) groups is 1. The Morgan fingerprint density at radius 2 is 1.85 bits per heavy atom. The van der Waals surface area contributed by atoms with Gasteiger partial charge in [0.15, 0.2) is 11.5 Å². The van der Waals surface area contributed by atoms with Gasteiger partial charge in [-0.1, -0.05) is 6.07 Å². The lowest BCUT2D eigenvalue weighted by Crippen LogP contribution is -2.18. The van der Waals surface area contributed by atoms with Gasteiger partial charge in [0, 0.05) is 6.42 Å². The Kier molecular flexibility index (Phi) is 8.13. The molecular formula is C20H23BrN2O4. The number of methoxy groups -OCH3 is 2. The summed E-state index contributed by atoms with van der Waals surface area (Å²) in [6.45, 7) is 2.47. The van der Waals surface area contributed by atoms with Crippen LogP contribution in [0.15, 0.2) is 46.0 Å². The molecule has 0 aliphatic rings. The van der Waals surface area contributed by atoms with Gasteiger partial charge in [0.2, 0.25) is 5.91 Å². The second-order valence-corrected chi connectivity index (χ2v) is 6.65. The SMILES string of the molecule is COc1ccc(/C=N/NC(=O)CCCOc2ccc(C)cc2Br)cc1OC. The molecule has 2 rings (SSSR count). The third kappa shape index (κ3) is 6.60. The predicted molar refractivity (Wildman–Crippen MR) is 109 cm³/mol. The van der Waals surface area contributed by atoms with Crippen molar-refractivity contribution in [2.24, 2.45) is 5.10 Å². The molecule has 0 unspecified atom stereocenters. The largest absolute Gasteiger partial charge is 0.493 e. The zero-order valence-corrected chi connectivity index (χ0v) is 17.2. The maximum Gasteiger partial charge on any atom is 0.240 e. The Hall–Kier alpha value is -2.54. The van der Waals surface area contributed by atoms with Crippen LogP contribution in [0.4, 0.5) is 0 Å². The minimum atomic E-state index is -0.168. The Morgan fingerprint density at radius 1 is 1.11 bits per heavy atom. The van der Waals surface area contributed by atoms with Gasteiger partial charge in [-0.25, -0.2) is 5.43 Å². The van der Waals surface area contributed by atoms with E-state index in [-0.39, 0.29) is 5.91 Å². The molecule has 0 spiro atoms. The van der Waals surface area contributed by atoms with Crippen LogP contribution >= 0.6 is 15.9 Å². The van der Waals surface area contributed by atoms with Gasteiger partial charge in [0.25, 0.3) is 0 Å². The minimum absolute atomic E-state index is 0.168. The van der Waals surface area contributed by atoms with Gasteiger partial charge >= 0.3 is 0 Å².